The third-order valence-corrected chi connectivity index (χ3v) is 2.22. The Morgan fingerprint density at radius 1 is 1.25 bits per heavy atom. The average Bonchev–Trinajstić information content (AvgIpc) is 1.97. The Balaban J connectivity index is 3.04. The monoisotopic (exact) mass is 183 g/mol. The zero-order valence-corrected chi connectivity index (χ0v) is 8.37. The normalized spacial score (nSPS) is 12.6. The highest BCUT2D eigenvalue weighted by molar-refractivity contribution is 7.85. The molecule has 1 N–H and O–H groups in total. The summed E-state index contributed by atoms with van der Waals surface area (Å²) in [5.41, 5.74) is 3.24. The number of aryl methyl sites for hydroxylation is 2. The smallest absolute Gasteiger partial charge is 0.113 e. The lowest BCUT2D eigenvalue weighted by molar-refractivity contribution is 0.690. The Bertz CT molecular complexity index is 289. The Morgan fingerprint density at radius 3 is 2.17 bits per heavy atom. The number of hydrogen-bond acceptors (Lipinski definition) is 1. The van der Waals surface area contributed by atoms with Crippen LogP contribution in [0.1, 0.15) is 11.1 Å². The van der Waals surface area contributed by atoms with Crippen LogP contribution >= 0.6 is 0 Å². The van der Waals surface area contributed by atoms with Gasteiger partial charge in [0.15, 0.2) is 0 Å². The molecule has 12 heavy (non-hydrogen) atoms. The predicted octanol–water partition coefficient (Wildman–Crippen LogP) is 2.01. The van der Waals surface area contributed by atoms with Gasteiger partial charge in [-0.05, 0) is 25.0 Å². The summed E-state index contributed by atoms with van der Waals surface area (Å²) >= 11 is 0. The van der Waals surface area contributed by atoms with Crippen molar-refractivity contribution < 1.29 is 4.21 Å². The van der Waals surface area contributed by atoms with Gasteiger partial charge in [-0.15, -0.1) is 0 Å². The molecule has 0 aliphatic rings. The summed E-state index contributed by atoms with van der Waals surface area (Å²) in [6.07, 6.45) is 1.63. The van der Waals surface area contributed by atoms with E-state index in [0.29, 0.717) is 0 Å². The molecule has 1 rings (SSSR count). The quantitative estimate of drug-likeness (QED) is 0.746. The van der Waals surface area contributed by atoms with Gasteiger partial charge in [0.2, 0.25) is 0 Å². The minimum atomic E-state index is -0.987. The minimum absolute atomic E-state index is 0.985. The van der Waals surface area contributed by atoms with E-state index in [-0.39, 0.29) is 0 Å². The first-order valence-corrected chi connectivity index (χ1v) is 5.33. The molecule has 0 aliphatic carbocycles. The minimum Gasteiger partial charge on any atom is -0.305 e. The van der Waals surface area contributed by atoms with Gasteiger partial charge in [-0.3, -0.25) is 0 Å². The first-order valence-electron chi connectivity index (χ1n) is 3.77. The molecule has 0 fully saturated rings. The van der Waals surface area contributed by atoms with E-state index < -0.39 is 11.0 Å². The van der Waals surface area contributed by atoms with Gasteiger partial charge in [0.25, 0.3) is 0 Å². The Labute approximate surface area is 75.6 Å². The van der Waals surface area contributed by atoms with Gasteiger partial charge in [-0.25, -0.2) is 4.21 Å². The van der Waals surface area contributed by atoms with Crippen molar-refractivity contribution in [1.82, 2.24) is 0 Å². The van der Waals surface area contributed by atoms with Gasteiger partial charge in [-0.2, -0.15) is 0 Å². The molecule has 2 nitrogen and oxygen atoms in total. The zero-order chi connectivity index (χ0) is 9.14. The Hall–Kier alpha value is -0.830. The Morgan fingerprint density at radius 2 is 1.75 bits per heavy atom. The standard InChI is InChI=1S/C9H13NOS/c1-7-5-4-6-8(2)9(7)10-12(3)11/h4-6,10H,1-3H3. The van der Waals surface area contributed by atoms with Crippen LogP contribution in [0, 0.1) is 13.8 Å². The van der Waals surface area contributed by atoms with Crippen molar-refractivity contribution in [1.29, 1.82) is 0 Å². The molecule has 0 radical (unpaired) electrons. The maximum Gasteiger partial charge on any atom is 0.113 e. The van der Waals surface area contributed by atoms with E-state index in [2.05, 4.69) is 4.72 Å². The van der Waals surface area contributed by atoms with E-state index in [1.54, 1.807) is 6.26 Å². The summed E-state index contributed by atoms with van der Waals surface area (Å²) in [6, 6.07) is 6.00. The van der Waals surface area contributed by atoms with Crippen molar-refractivity contribution in [2.45, 2.75) is 13.8 Å². The second-order valence-electron chi connectivity index (χ2n) is 2.82. The molecule has 1 atom stereocenters. The molecule has 1 unspecified atom stereocenters. The van der Waals surface area contributed by atoms with Crippen LogP contribution in [0.3, 0.4) is 0 Å². The topological polar surface area (TPSA) is 29.1 Å². The van der Waals surface area contributed by atoms with E-state index >= 15 is 0 Å². The summed E-state index contributed by atoms with van der Waals surface area (Å²) < 4.78 is 13.8. The molecule has 66 valence electrons. The van der Waals surface area contributed by atoms with Crippen LogP contribution in [0.5, 0.6) is 0 Å². The number of anilines is 1. The SMILES string of the molecule is Cc1cccc(C)c1NS(C)=O. The molecule has 1 aromatic rings. The molecule has 0 bridgehead atoms. The molecule has 0 spiro atoms. The van der Waals surface area contributed by atoms with Crippen molar-refractivity contribution in [3.8, 4) is 0 Å². The van der Waals surface area contributed by atoms with Gasteiger partial charge in [0.05, 0.1) is 5.69 Å². The van der Waals surface area contributed by atoms with Crippen LogP contribution in [-0.4, -0.2) is 10.5 Å². The van der Waals surface area contributed by atoms with Crippen LogP contribution in [-0.2, 0) is 11.0 Å². The highest BCUT2D eigenvalue weighted by Crippen LogP contribution is 2.19. The fourth-order valence-corrected chi connectivity index (χ4v) is 1.73. The zero-order valence-electron chi connectivity index (χ0n) is 7.55. The number of nitrogens with one attached hydrogen (secondary N) is 1. The number of para-hydroxylation sites is 1. The molecule has 0 saturated heterocycles. The van der Waals surface area contributed by atoms with Crippen molar-refractivity contribution in [2.75, 3.05) is 11.0 Å². The van der Waals surface area contributed by atoms with E-state index in [4.69, 9.17) is 0 Å². The predicted molar refractivity (Wildman–Crippen MR) is 53.6 cm³/mol. The fourth-order valence-electron chi connectivity index (χ4n) is 1.12. The fraction of sp³-hybridized carbons (Fsp3) is 0.333. The van der Waals surface area contributed by atoms with Crippen molar-refractivity contribution in [3.63, 3.8) is 0 Å². The summed E-state index contributed by atoms with van der Waals surface area (Å²) in [5, 5.41) is 0. The van der Waals surface area contributed by atoms with Crippen molar-refractivity contribution >= 4 is 16.7 Å². The summed E-state index contributed by atoms with van der Waals surface area (Å²) in [4.78, 5) is 0. The van der Waals surface area contributed by atoms with E-state index in [9.17, 15) is 4.21 Å². The van der Waals surface area contributed by atoms with Gasteiger partial charge in [0.1, 0.15) is 11.0 Å². The second-order valence-corrected chi connectivity index (χ2v) is 3.94. The average molecular weight is 183 g/mol. The third kappa shape index (κ3) is 2.08. The molecule has 0 amide bonds. The van der Waals surface area contributed by atoms with Crippen LogP contribution in [0.15, 0.2) is 18.2 Å². The first kappa shape index (κ1) is 9.26. The number of rotatable bonds is 2. The summed E-state index contributed by atoms with van der Waals surface area (Å²) in [7, 11) is -0.987. The largest absolute Gasteiger partial charge is 0.305 e. The number of benzene rings is 1. The molecular weight excluding hydrogens is 170 g/mol. The molecule has 0 heterocycles. The van der Waals surface area contributed by atoms with Crippen molar-refractivity contribution in [3.05, 3.63) is 29.3 Å². The first-order chi connectivity index (χ1) is 5.61. The lowest BCUT2D eigenvalue weighted by atomic mass is 10.1. The van der Waals surface area contributed by atoms with E-state index in [0.717, 1.165) is 16.8 Å². The number of hydrogen-bond donors (Lipinski definition) is 1. The molecule has 0 saturated carbocycles. The van der Waals surface area contributed by atoms with Crippen LogP contribution in [0.25, 0.3) is 0 Å². The van der Waals surface area contributed by atoms with Gasteiger partial charge >= 0.3 is 0 Å². The lowest BCUT2D eigenvalue weighted by Gasteiger charge is -2.09. The summed E-state index contributed by atoms with van der Waals surface area (Å²) in [5.74, 6) is 0. The van der Waals surface area contributed by atoms with Crippen molar-refractivity contribution in [2.24, 2.45) is 0 Å². The Kier molecular flexibility index (Phi) is 2.87. The van der Waals surface area contributed by atoms with Gasteiger partial charge in [0, 0.05) is 6.26 Å². The second kappa shape index (κ2) is 3.72. The highest BCUT2D eigenvalue weighted by Gasteiger charge is 2.01. The summed E-state index contributed by atoms with van der Waals surface area (Å²) in [6.45, 7) is 4.00. The maximum absolute atomic E-state index is 10.9. The molecular formula is C9H13NOS. The van der Waals surface area contributed by atoms with Crippen LogP contribution in [0.4, 0.5) is 5.69 Å². The molecule has 0 aromatic heterocycles. The third-order valence-electron chi connectivity index (χ3n) is 1.73. The molecule has 1 aromatic carbocycles. The maximum atomic E-state index is 10.9. The van der Waals surface area contributed by atoms with Crippen LogP contribution in [0.2, 0.25) is 0 Å². The van der Waals surface area contributed by atoms with Gasteiger partial charge < -0.3 is 4.72 Å². The van der Waals surface area contributed by atoms with Crippen LogP contribution < -0.4 is 4.72 Å². The lowest BCUT2D eigenvalue weighted by Crippen LogP contribution is -2.04. The highest BCUT2D eigenvalue weighted by atomic mass is 32.2. The van der Waals surface area contributed by atoms with E-state index in [1.165, 1.54) is 0 Å². The van der Waals surface area contributed by atoms with Gasteiger partial charge in [-0.1, -0.05) is 18.2 Å². The van der Waals surface area contributed by atoms with E-state index in [1.807, 2.05) is 32.0 Å². The molecule has 0 aliphatic heterocycles. The molecule has 3 heteroatoms.